The van der Waals surface area contributed by atoms with E-state index in [1.807, 2.05) is 18.2 Å². The first-order valence-electron chi connectivity index (χ1n) is 8.81. The van der Waals surface area contributed by atoms with Gasteiger partial charge >= 0.3 is 0 Å². The summed E-state index contributed by atoms with van der Waals surface area (Å²) < 4.78 is 13.8. The van der Waals surface area contributed by atoms with Crippen LogP contribution in [0.4, 0.5) is 15.9 Å². The number of carbonyl (C=O) groups excluding carboxylic acids is 1. The van der Waals surface area contributed by atoms with Gasteiger partial charge in [0.1, 0.15) is 23.2 Å². The van der Waals surface area contributed by atoms with Gasteiger partial charge in [-0.2, -0.15) is 0 Å². The van der Waals surface area contributed by atoms with E-state index in [4.69, 9.17) is 0 Å². The number of hydrogen-bond acceptors (Lipinski definition) is 4. The molecule has 3 rings (SSSR count). The number of amides is 1. The van der Waals surface area contributed by atoms with E-state index < -0.39 is 0 Å². The molecule has 0 aliphatic rings. The molecule has 1 amide bonds. The van der Waals surface area contributed by atoms with Crippen LogP contribution in [-0.2, 0) is 6.42 Å². The Balaban J connectivity index is 1.59. The Morgan fingerprint density at radius 3 is 2.56 bits per heavy atom. The highest BCUT2D eigenvalue weighted by atomic mass is 19.1. The number of anilines is 2. The summed E-state index contributed by atoms with van der Waals surface area (Å²) in [5.74, 6) is 0.152. The molecule has 2 aromatic carbocycles. The monoisotopic (exact) mass is 364 g/mol. The van der Waals surface area contributed by atoms with Gasteiger partial charge in [-0.15, -0.1) is 0 Å². The number of halogens is 1. The van der Waals surface area contributed by atoms with Crippen molar-refractivity contribution in [3.05, 3.63) is 83.6 Å². The van der Waals surface area contributed by atoms with Crippen molar-refractivity contribution in [1.29, 1.82) is 0 Å². The summed E-state index contributed by atoms with van der Waals surface area (Å²) in [7, 11) is 0. The molecule has 27 heavy (non-hydrogen) atoms. The van der Waals surface area contributed by atoms with Crippen LogP contribution >= 0.6 is 0 Å². The summed E-state index contributed by atoms with van der Waals surface area (Å²) in [6.45, 7) is 2.24. The van der Waals surface area contributed by atoms with E-state index in [0.29, 0.717) is 23.9 Å². The number of nitrogens with zero attached hydrogens (tertiary/aromatic N) is 2. The number of para-hydroxylation sites is 1. The van der Waals surface area contributed by atoms with Gasteiger partial charge < -0.3 is 10.6 Å². The number of benzene rings is 2. The van der Waals surface area contributed by atoms with E-state index in [-0.39, 0.29) is 17.4 Å². The number of aryl methyl sites for hydroxylation is 2. The molecule has 0 fully saturated rings. The van der Waals surface area contributed by atoms with Crippen LogP contribution in [-0.4, -0.2) is 22.4 Å². The van der Waals surface area contributed by atoms with Crippen molar-refractivity contribution < 1.29 is 9.18 Å². The van der Waals surface area contributed by atoms with Gasteiger partial charge in [-0.05, 0) is 37.5 Å². The second-order valence-electron chi connectivity index (χ2n) is 6.14. The number of carbonyl (C=O) groups is 1. The predicted octanol–water partition coefficient (Wildman–Crippen LogP) is 4.03. The van der Waals surface area contributed by atoms with E-state index in [2.05, 4.69) is 32.7 Å². The zero-order valence-electron chi connectivity index (χ0n) is 15.1. The highest BCUT2D eigenvalue weighted by molar-refractivity contribution is 5.93. The number of aromatic nitrogens is 2. The molecule has 0 atom stereocenters. The lowest BCUT2D eigenvalue weighted by atomic mass is 10.1. The highest BCUT2D eigenvalue weighted by Gasteiger charge is 2.11. The SMILES string of the molecule is Cc1nc(Nc2ccccc2F)cc(C(=O)NCCCc2ccccc2)n1. The quantitative estimate of drug-likeness (QED) is 0.621. The Morgan fingerprint density at radius 1 is 1.04 bits per heavy atom. The van der Waals surface area contributed by atoms with Gasteiger partial charge in [-0.3, -0.25) is 4.79 Å². The number of nitrogens with one attached hydrogen (secondary N) is 2. The van der Waals surface area contributed by atoms with E-state index in [9.17, 15) is 9.18 Å². The molecule has 5 nitrogen and oxygen atoms in total. The molecule has 0 aliphatic carbocycles. The standard InChI is InChI=1S/C21H21FN4O/c1-15-24-19(14-20(25-15)26-18-12-6-5-11-17(18)22)21(27)23-13-7-10-16-8-3-2-4-9-16/h2-6,8-9,11-12,14H,7,10,13H2,1H3,(H,23,27)(H,24,25,26). The summed E-state index contributed by atoms with van der Waals surface area (Å²) in [5.41, 5.74) is 1.78. The molecular formula is C21H21FN4O. The first kappa shape index (κ1) is 18.5. The summed E-state index contributed by atoms with van der Waals surface area (Å²) >= 11 is 0. The molecule has 138 valence electrons. The molecule has 0 radical (unpaired) electrons. The van der Waals surface area contributed by atoms with Gasteiger partial charge in [-0.25, -0.2) is 14.4 Å². The fourth-order valence-electron chi connectivity index (χ4n) is 2.68. The summed E-state index contributed by atoms with van der Waals surface area (Å²) in [6.07, 6.45) is 1.73. The zero-order valence-corrected chi connectivity index (χ0v) is 15.1. The molecule has 0 unspecified atom stereocenters. The molecule has 6 heteroatoms. The third-order valence-electron chi connectivity index (χ3n) is 3.98. The molecule has 0 saturated carbocycles. The molecule has 0 aliphatic heterocycles. The molecule has 3 aromatic rings. The fraction of sp³-hybridized carbons (Fsp3) is 0.190. The second-order valence-corrected chi connectivity index (χ2v) is 6.14. The average molecular weight is 364 g/mol. The topological polar surface area (TPSA) is 66.9 Å². The zero-order chi connectivity index (χ0) is 19.1. The molecule has 0 saturated heterocycles. The average Bonchev–Trinajstić information content (AvgIpc) is 2.67. The van der Waals surface area contributed by atoms with Crippen molar-refractivity contribution >= 4 is 17.4 Å². The van der Waals surface area contributed by atoms with E-state index in [1.165, 1.54) is 17.7 Å². The minimum Gasteiger partial charge on any atom is -0.351 e. The molecule has 1 aromatic heterocycles. The van der Waals surface area contributed by atoms with Gasteiger partial charge in [-0.1, -0.05) is 42.5 Å². The van der Waals surface area contributed by atoms with Crippen LogP contribution in [0.2, 0.25) is 0 Å². The number of hydrogen-bond donors (Lipinski definition) is 2. The summed E-state index contributed by atoms with van der Waals surface area (Å²) in [6, 6.07) is 17.9. The molecule has 0 bridgehead atoms. The first-order valence-corrected chi connectivity index (χ1v) is 8.81. The van der Waals surface area contributed by atoms with Crippen molar-refractivity contribution in [2.45, 2.75) is 19.8 Å². The number of rotatable bonds is 7. The highest BCUT2D eigenvalue weighted by Crippen LogP contribution is 2.18. The summed E-state index contributed by atoms with van der Waals surface area (Å²) in [4.78, 5) is 20.8. The van der Waals surface area contributed by atoms with Crippen molar-refractivity contribution in [1.82, 2.24) is 15.3 Å². The van der Waals surface area contributed by atoms with Crippen molar-refractivity contribution in [2.24, 2.45) is 0 Å². The maximum atomic E-state index is 13.8. The normalized spacial score (nSPS) is 10.4. The van der Waals surface area contributed by atoms with Crippen LogP contribution in [0.1, 0.15) is 28.3 Å². The molecule has 2 N–H and O–H groups in total. The lowest BCUT2D eigenvalue weighted by Crippen LogP contribution is -2.26. The molecule has 0 spiro atoms. The van der Waals surface area contributed by atoms with Gasteiger partial charge in [0, 0.05) is 12.6 Å². The largest absolute Gasteiger partial charge is 0.351 e. The van der Waals surface area contributed by atoms with Crippen molar-refractivity contribution in [3.63, 3.8) is 0 Å². The molecular weight excluding hydrogens is 343 g/mol. The van der Waals surface area contributed by atoms with Crippen LogP contribution in [0.15, 0.2) is 60.7 Å². The van der Waals surface area contributed by atoms with Crippen LogP contribution in [0.5, 0.6) is 0 Å². The minimum absolute atomic E-state index is 0.251. The third kappa shape index (κ3) is 5.34. The van der Waals surface area contributed by atoms with Gasteiger partial charge in [0.05, 0.1) is 5.69 Å². The lowest BCUT2D eigenvalue weighted by molar-refractivity contribution is 0.0948. The second kappa shape index (κ2) is 8.89. The van der Waals surface area contributed by atoms with Crippen molar-refractivity contribution in [3.8, 4) is 0 Å². The van der Waals surface area contributed by atoms with Crippen molar-refractivity contribution in [2.75, 3.05) is 11.9 Å². The van der Waals surface area contributed by atoms with Crippen LogP contribution in [0.3, 0.4) is 0 Å². The third-order valence-corrected chi connectivity index (χ3v) is 3.98. The van der Waals surface area contributed by atoms with E-state index in [0.717, 1.165) is 12.8 Å². The predicted molar refractivity (Wildman–Crippen MR) is 104 cm³/mol. The van der Waals surface area contributed by atoms with Gasteiger partial charge in [0.15, 0.2) is 0 Å². The minimum atomic E-state index is -0.388. The fourth-order valence-corrected chi connectivity index (χ4v) is 2.68. The van der Waals surface area contributed by atoms with Crippen LogP contribution < -0.4 is 10.6 Å². The smallest absolute Gasteiger partial charge is 0.270 e. The van der Waals surface area contributed by atoms with Gasteiger partial charge in [0.2, 0.25) is 0 Å². The van der Waals surface area contributed by atoms with E-state index >= 15 is 0 Å². The Morgan fingerprint density at radius 2 is 1.78 bits per heavy atom. The Labute approximate surface area is 157 Å². The maximum Gasteiger partial charge on any atom is 0.270 e. The van der Waals surface area contributed by atoms with Gasteiger partial charge in [0.25, 0.3) is 5.91 Å². The summed E-state index contributed by atoms with van der Waals surface area (Å²) in [5, 5.41) is 5.76. The Kier molecular flexibility index (Phi) is 6.10. The van der Waals surface area contributed by atoms with E-state index in [1.54, 1.807) is 25.1 Å². The Hall–Kier alpha value is -3.28. The van der Waals surface area contributed by atoms with Crippen LogP contribution in [0, 0.1) is 12.7 Å². The maximum absolute atomic E-state index is 13.8. The molecule has 1 heterocycles. The Bertz CT molecular complexity index is 915. The van der Waals surface area contributed by atoms with Crippen LogP contribution in [0.25, 0.3) is 0 Å². The first-order chi connectivity index (χ1) is 13.1. The lowest BCUT2D eigenvalue weighted by Gasteiger charge is -2.10.